The predicted octanol–water partition coefficient (Wildman–Crippen LogP) is 4.03. The molecule has 1 heterocycles. The van der Waals surface area contributed by atoms with Gasteiger partial charge in [-0.25, -0.2) is 5.43 Å². The van der Waals surface area contributed by atoms with Crippen molar-refractivity contribution in [3.05, 3.63) is 58.0 Å². The van der Waals surface area contributed by atoms with Crippen molar-refractivity contribution in [2.45, 2.75) is 52.0 Å². The van der Waals surface area contributed by atoms with Gasteiger partial charge in [0.2, 0.25) is 0 Å². The lowest BCUT2D eigenvalue weighted by molar-refractivity contribution is 0.419. The van der Waals surface area contributed by atoms with E-state index >= 15 is 0 Å². The Labute approximate surface area is 126 Å². The predicted molar refractivity (Wildman–Crippen MR) is 85.1 cm³/mol. The van der Waals surface area contributed by atoms with Crippen LogP contribution in [0.4, 0.5) is 0 Å². The highest BCUT2D eigenvalue weighted by atomic mass is 16.3. The number of hydrogen-bond acceptors (Lipinski definition) is 3. The highest BCUT2D eigenvalue weighted by Crippen LogP contribution is 2.38. The molecule has 1 aliphatic carbocycles. The summed E-state index contributed by atoms with van der Waals surface area (Å²) in [7, 11) is 0. The fraction of sp³-hybridized carbons (Fsp3) is 0.444. The number of rotatable bonds is 4. The first-order chi connectivity index (χ1) is 10.1. The van der Waals surface area contributed by atoms with Crippen molar-refractivity contribution >= 4 is 0 Å². The van der Waals surface area contributed by atoms with Gasteiger partial charge in [0.15, 0.2) is 0 Å². The van der Waals surface area contributed by atoms with Crippen LogP contribution in [-0.4, -0.2) is 0 Å². The Kier molecular flexibility index (Phi) is 3.87. The van der Waals surface area contributed by atoms with Crippen molar-refractivity contribution in [1.29, 1.82) is 0 Å². The highest BCUT2D eigenvalue weighted by molar-refractivity contribution is 5.42. The van der Waals surface area contributed by atoms with Crippen molar-refractivity contribution in [2.75, 3.05) is 0 Å². The molecule has 1 aliphatic rings. The fourth-order valence-electron chi connectivity index (χ4n) is 3.31. The van der Waals surface area contributed by atoms with Crippen LogP contribution in [0.15, 0.2) is 28.7 Å². The van der Waals surface area contributed by atoms with Gasteiger partial charge in [-0.2, -0.15) is 0 Å². The monoisotopic (exact) mass is 284 g/mol. The Morgan fingerprint density at radius 3 is 2.48 bits per heavy atom. The molecule has 3 N–H and O–H groups in total. The normalized spacial score (nSPS) is 16.8. The van der Waals surface area contributed by atoms with Gasteiger partial charge in [-0.15, -0.1) is 0 Å². The maximum atomic E-state index is 5.86. The third-order valence-electron chi connectivity index (χ3n) is 4.89. The molecular formula is C18H24N2O. The third kappa shape index (κ3) is 2.52. The number of benzene rings is 1. The zero-order chi connectivity index (χ0) is 15.0. The molecule has 0 bridgehead atoms. The SMILES string of the molecule is Cc1oc(C)c(C(NN)c2cccc(C3CCC3)c2)c1C. The molecule has 2 aromatic rings. The first-order valence-corrected chi connectivity index (χ1v) is 7.74. The van der Waals surface area contributed by atoms with E-state index in [1.54, 1.807) is 0 Å². The minimum Gasteiger partial charge on any atom is -0.466 e. The lowest BCUT2D eigenvalue weighted by Gasteiger charge is -2.27. The summed E-state index contributed by atoms with van der Waals surface area (Å²) in [5.74, 6) is 8.51. The Bertz CT molecular complexity index is 641. The quantitative estimate of drug-likeness (QED) is 0.658. The van der Waals surface area contributed by atoms with Crippen LogP contribution in [-0.2, 0) is 0 Å². The summed E-state index contributed by atoms with van der Waals surface area (Å²) in [6.07, 6.45) is 3.98. The molecule has 0 amide bonds. The number of nitrogens with one attached hydrogen (secondary N) is 1. The van der Waals surface area contributed by atoms with Gasteiger partial charge in [-0.1, -0.05) is 30.7 Å². The van der Waals surface area contributed by atoms with Crippen molar-refractivity contribution in [2.24, 2.45) is 5.84 Å². The molecule has 3 heteroatoms. The second kappa shape index (κ2) is 5.66. The maximum Gasteiger partial charge on any atom is 0.106 e. The van der Waals surface area contributed by atoms with E-state index in [2.05, 4.69) is 36.6 Å². The summed E-state index contributed by atoms with van der Waals surface area (Å²) >= 11 is 0. The highest BCUT2D eigenvalue weighted by Gasteiger charge is 2.24. The average molecular weight is 284 g/mol. The van der Waals surface area contributed by atoms with Crippen molar-refractivity contribution in [1.82, 2.24) is 5.43 Å². The largest absolute Gasteiger partial charge is 0.466 e. The van der Waals surface area contributed by atoms with Crippen LogP contribution in [0.3, 0.4) is 0 Å². The smallest absolute Gasteiger partial charge is 0.106 e. The molecule has 0 radical (unpaired) electrons. The van der Waals surface area contributed by atoms with Crippen molar-refractivity contribution in [3.8, 4) is 0 Å². The van der Waals surface area contributed by atoms with Gasteiger partial charge >= 0.3 is 0 Å². The van der Waals surface area contributed by atoms with E-state index in [1.165, 1.54) is 41.5 Å². The molecule has 1 aromatic carbocycles. The Morgan fingerprint density at radius 2 is 1.95 bits per heavy atom. The number of furan rings is 1. The molecule has 1 unspecified atom stereocenters. The Morgan fingerprint density at radius 1 is 1.19 bits per heavy atom. The molecule has 3 nitrogen and oxygen atoms in total. The zero-order valence-corrected chi connectivity index (χ0v) is 13.1. The van der Waals surface area contributed by atoms with Crippen LogP contribution in [0, 0.1) is 20.8 Å². The zero-order valence-electron chi connectivity index (χ0n) is 13.1. The van der Waals surface area contributed by atoms with Gasteiger partial charge in [0.1, 0.15) is 11.5 Å². The van der Waals surface area contributed by atoms with E-state index < -0.39 is 0 Å². The summed E-state index contributed by atoms with van der Waals surface area (Å²) in [5, 5.41) is 0. The molecule has 21 heavy (non-hydrogen) atoms. The van der Waals surface area contributed by atoms with Crippen LogP contribution in [0.2, 0.25) is 0 Å². The minimum atomic E-state index is -0.0116. The van der Waals surface area contributed by atoms with Crippen LogP contribution in [0.5, 0.6) is 0 Å². The summed E-state index contributed by atoms with van der Waals surface area (Å²) in [6, 6.07) is 8.82. The lowest BCUT2D eigenvalue weighted by atomic mass is 9.79. The first-order valence-electron chi connectivity index (χ1n) is 7.74. The van der Waals surface area contributed by atoms with E-state index in [0.717, 1.165) is 17.4 Å². The molecule has 112 valence electrons. The summed E-state index contributed by atoms with van der Waals surface area (Å²) < 4.78 is 5.76. The van der Waals surface area contributed by atoms with E-state index in [0.29, 0.717) is 0 Å². The summed E-state index contributed by atoms with van der Waals surface area (Å²) in [6.45, 7) is 6.11. The standard InChI is InChI=1S/C18H24N2O/c1-11-12(2)21-13(3)17(11)18(20-19)16-9-5-8-15(10-16)14-6-4-7-14/h5,8-10,14,18,20H,4,6-7,19H2,1-3H3. The van der Waals surface area contributed by atoms with E-state index in [9.17, 15) is 0 Å². The maximum absolute atomic E-state index is 5.86. The molecular weight excluding hydrogens is 260 g/mol. The Hall–Kier alpha value is -1.58. The number of hydrogen-bond donors (Lipinski definition) is 2. The topological polar surface area (TPSA) is 51.2 Å². The average Bonchev–Trinajstić information content (AvgIpc) is 2.65. The minimum absolute atomic E-state index is 0.0116. The fourth-order valence-corrected chi connectivity index (χ4v) is 3.31. The number of aryl methyl sites for hydroxylation is 2. The summed E-state index contributed by atoms with van der Waals surface area (Å²) in [5.41, 5.74) is 7.98. The molecule has 1 fully saturated rings. The van der Waals surface area contributed by atoms with Crippen molar-refractivity contribution in [3.63, 3.8) is 0 Å². The van der Waals surface area contributed by atoms with E-state index in [-0.39, 0.29) is 6.04 Å². The Balaban J connectivity index is 1.99. The molecule has 1 aromatic heterocycles. The van der Waals surface area contributed by atoms with E-state index in [1.807, 2.05) is 13.8 Å². The molecule has 0 aliphatic heterocycles. The molecule has 0 saturated heterocycles. The van der Waals surface area contributed by atoms with Crippen LogP contribution < -0.4 is 11.3 Å². The molecule has 3 rings (SSSR count). The number of hydrazine groups is 1. The molecule has 1 saturated carbocycles. The van der Waals surface area contributed by atoms with Gasteiger partial charge in [0.25, 0.3) is 0 Å². The van der Waals surface area contributed by atoms with Crippen LogP contribution in [0.1, 0.15) is 65.0 Å². The van der Waals surface area contributed by atoms with Gasteiger partial charge in [0, 0.05) is 5.56 Å². The molecule has 1 atom stereocenters. The second-order valence-electron chi connectivity index (χ2n) is 6.15. The van der Waals surface area contributed by atoms with Crippen LogP contribution >= 0.6 is 0 Å². The third-order valence-corrected chi connectivity index (χ3v) is 4.89. The molecule has 0 spiro atoms. The van der Waals surface area contributed by atoms with Gasteiger partial charge < -0.3 is 4.42 Å². The lowest BCUT2D eigenvalue weighted by Crippen LogP contribution is -2.29. The van der Waals surface area contributed by atoms with Gasteiger partial charge in [-0.05, 0) is 56.2 Å². The van der Waals surface area contributed by atoms with Gasteiger partial charge in [-0.3, -0.25) is 5.84 Å². The van der Waals surface area contributed by atoms with Gasteiger partial charge in [0.05, 0.1) is 6.04 Å². The first kappa shape index (κ1) is 14.4. The summed E-state index contributed by atoms with van der Waals surface area (Å²) in [4.78, 5) is 0. The number of nitrogens with two attached hydrogens (primary N) is 1. The second-order valence-corrected chi connectivity index (χ2v) is 6.15. The van der Waals surface area contributed by atoms with E-state index in [4.69, 9.17) is 10.3 Å². The van der Waals surface area contributed by atoms with Crippen molar-refractivity contribution < 1.29 is 4.42 Å². The van der Waals surface area contributed by atoms with Crippen LogP contribution in [0.25, 0.3) is 0 Å².